The molecule has 1 saturated heterocycles. The molecule has 126 valence electrons. The molecule has 1 N–H and O–H groups in total. The quantitative estimate of drug-likeness (QED) is 0.907. The Balaban J connectivity index is 1.48. The lowest BCUT2D eigenvalue weighted by molar-refractivity contribution is 0.242. The molecule has 0 unspecified atom stereocenters. The van der Waals surface area contributed by atoms with Crippen LogP contribution in [-0.2, 0) is 19.5 Å². The molecule has 2 aliphatic rings. The lowest BCUT2D eigenvalue weighted by atomic mass is 10.0. The lowest BCUT2D eigenvalue weighted by Crippen LogP contribution is -2.31. The van der Waals surface area contributed by atoms with E-state index >= 15 is 0 Å². The molecule has 0 saturated carbocycles. The van der Waals surface area contributed by atoms with Gasteiger partial charge < -0.3 is 5.32 Å². The van der Waals surface area contributed by atoms with E-state index in [1.54, 1.807) is 0 Å². The van der Waals surface area contributed by atoms with Crippen LogP contribution in [-0.4, -0.2) is 34.5 Å². The van der Waals surface area contributed by atoms with Crippen molar-refractivity contribution in [1.82, 2.24) is 20.2 Å². The molecule has 2 aliphatic heterocycles. The topological polar surface area (TPSA) is 41.1 Å². The van der Waals surface area contributed by atoms with Crippen LogP contribution in [0, 0.1) is 0 Å². The molecule has 0 aliphatic carbocycles. The van der Waals surface area contributed by atoms with Crippen LogP contribution in [0.3, 0.4) is 0 Å². The molecule has 1 fully saturated rings. The molecule has 1 aromatic heterocycles. The second kappa shape index (κ2) is 6.96. The van der Waals surface area contributed by atoms with Crippen LogP contribution in [0.4, 0.5) is 0 Å². The monoisotopic (exact) mass is 362 g/mol. The van der Waals surface area contributed by atoms with Gasteiger partial charge in [-0.2, -0.15) is 0 Å². The lowest BCUT2D eigenvalue weighted by Gasteiger charge is -2.28. The Bertz CT molecular complexity index is 744. The number of halogens is 2. The average molecular weight is 363 g/mol. The highest BCUT2D eigenvalue weighted by atomic mass is 35.5. The summed E-state index contributed by atoms with van der Waals surface area (Å²) in [6.07, 6.45) is 4.11. The minimum atomic E-state index is 0.471. The van der Waals surface area contributed by atoms with Crippen LogP contribution in [0.2, 0.25) is 10.0 Å². The fourth-order valence-corrected chi connectivity index (χ4v) is 3.89. The summed E-state index contributed by atoms with van der Waals surface area (Å²) in [5.74, 6) is 1.48. The van der Waals surface area contributed by atoms with Crippen molar-refractivity contribution in [3.05, 3.63) is 57.1 Å². The molecule has 2 aromatic rings. The zero-order valence-corrected chi connectivity index (χ0v) is 14.9. The van der Waals surface area contributed by atoms with Crippen LogP contribution in [0.5, 0.6) is 0 Å². The summed E-state index contributed by atoms with van der Waals surface area (Å²) < 4.78 is 0. The highest BCUT2D eigenvalue weighted by Crippen LogP contribution is 2.28. The number of nitrogens with zero attached hydrogens (tertiary/aromatic N) is 3. The first-order valence-electron chi connectivity index (χ1n) is 8.41. The predicted molar refractivity (Wildman–Crippen MR) is 96.5 cm³/mol. The molecular weight excluding hydrogens is 343 g/mol. The summed E-state index contributed by atoms with van der Waals surface area (Å²) in [5, 5.41) is 4.66. The van der Waals surface area contributed by atoms with Gasteiger partial charge in [0.15, 0.2) is 0 Å². The van der Waals surface area contributed by atoms with E-state index in [0.29, 0.717) is 16.0 Å². The number of nitrogens with one attached hydrogen (secondary N) is 1. The number of aromatic nitrogens is 2. The van der Waals surface area contributed by atoms with Crippen molar-refractivity contribution in [1.29, 1.82) is 0 Å². The molecule has 0 amide bonds. The normalized spacial score (nSPS) is 21.0. The van der Waals surface area contributed by atoms with Crippen LogP contribution in [0.15, 0.2) is 24.4 Å². The average Bonchev–Trinajstić information content (AvgIpc) is 3.13. The summed E-state index contributed by atoms with van der Waals surface area (Å²) in [7, 11) is 0. The number of hydrogen-bond acceptors (Lipinski definition) is 4. The third kappa shape index (κ3) is 3.29. The highest BCUT2D eigenvalue weighted by molar-refractivity contribution is 6.42. The molecular formula is C18H20Cl2N4. The molecule has 6 heteroatoms. The van der Waals surface area contributed by atoms with Gasteiger partial charge in [0.25, 0.3) is 0 Å². The van der Waals surface area contributed by atoms with Crippen molar-refractivity contribution in [2.75, 3.05) is 19.6 Å². The molecule has 0 bridgehead atoms. The van der Waals surface area contributed by atoms with Gasteiger partial charge in [0.1, 0.15) is 5.82 Å². The molecule has 0 spiro atoms. The number of fused-ring (bicyclic) bond motifs is 1. The van der Waals surface area contributed by atoms with Crippen molar-refractivity contribution in [2.45, 2.75) is 31.8 Å². The minimum absolute atomic E-state index is 0.471. The van der Waals surface area contributed by atoms with Crippen molar-refractivity contribution >= 4 is 23.2 Å². The summed E-state index contributed by atoms with van der Waals surface area (Å²) >= 11 is 12.4. The summed E-state index contributed by atoms with van der Waals surface area (Å²) in [5.41, 5.74) is 3.51. The van der Waals surface area contributed by atoms with Gasteiger partial charge in [-0.15, -0.1) is 0 Å². The third-order valence-electron chi connectivity index (χ3n) is 4.88. The van der Waals surface area contributed by atoms with Gasteiger partial charge in [0, 0.05) is 56.0 Å². The Morgan fingerprint density at radius 3 is 3.04 bits per heavy atom. The highest BCUT2D eigenvalue weighted by Gasteiger charge is 2.23. The Morgan fingerprint density at radius 1 is 1.29 bits per heavy atom. The van der Waals surface area contributed by atoms with Crippen molar-refractivity contribution in [2.24, 2.45) is 0 Å². The fraction of sp³-hybridized carbons (Fsp3) is 0.444. The maximum absolute atomic E-state index is 6.32. The van der Waals surface area contributed by atoms with Crippen LogP contribution in [0.25, 0.3) is 0 Å². The smallest absolute Gasteiger partial charge is 0.132 e. The third-order valence-corrected chi connectivity index (χ3v) is 5.74. The Kier molecular flexibility index (Phi) is 4.72. The van der Waals surface area contributed by atoms with E-state index in [4.69, 9.17) is 28.2 Å². The molecule has 1 aromatic carbocycles. The molecule has 24 heavy (non-hydrogen) atoms. The van der Waals surface area contributed by atoms with E-state index in [1.807, 2.05) is 24.4 Å². The first kappa shape index (κ1) is 16.3. The molecule has 3 heterocycles. The number of rotatable bonds is 3. The van der Waals surface area contributed by atoms with Crippen LogP contribution in [0.1, 0.15) is 35.0 Å². The van der Waals surface area contributed by atoms with E-state index in [0.717, 1.165) is 57.0 Å². The standard InChI is InChI=1S/C18H20Cl2N4/c19-15-3-1-2-13(17(15)20)10-24-7-5-16-14(11-24)9-22-18(23-16)12-4-6-21-8-12/h1-3,9,12,21H,4-8,10-11H2/t12-/m0/s1. The van der Waals surface area contributed by atoms with E-state index in [1.165, 1.54) is 11.3 Å². The van der Waals surface area contributed by atoms with Crippen LogP contribution >= 0.6 is 23.2 Å². The molecule has 4 rings (SSSR count). The van der Waals surface area contributed by atoms with Gasteiger partial charge in [-0.3, -0.25) is 4.90 Å². The van der Waals surface area contributed by atoms with Crippen molar-refractivity contribution < 1.29 is 0 Å². The Hall–Kier alpha value is -1.20. The first-order valence-corrected chi connectivity index (χ1v) is 9.17. The molecule has 4 nitrogen and oxygen atoms in total. The second-order valence-corrected chi connectivity index (χ2v) is 7.35. The van der Waals surface area contributed by atoms with Gasteiger partial charge in [-0.05, 0) is 24.6 Å². The van der Waals surface area contributed by atoms with Crippen LogP contribution < -0.4 is 5.32 Å². The molecule has 1 atom stereocenters. The van der Waals surface area contributed by atoms with Crippen molar-refractivity contribution in [3.8, 4) is 0 Å². The Morgan fingerprint density at radius 2 is 2.21 bits per heavy atom. The summed E-state index contributed by atoms with van der Waals surface area (Å²) in [4.78, 5) is 11.8. The zero-order chi connectivity index (χ0) is 16.5. The number of benzene rings is 1. The van der Waals surface area contributed by atoms with E-state index in [9.17, 15) is 0 Å². The van der Waals surface area contributed by atoms with Crippen molar-refractivity contribution in [3.63, 3.8) is 0 Å². The van der Waals surface area contributed by atoms with Gasteiger partial charge in [-0.1, -0.05) is 35.3 Å². The van der Waals surface area contributed by atoms with E-state index in [2.05, 4.69) is 15.2 Å². The van der Waals surface area contributed by atoms with E-state index < -0.39 is 0 Å². The minimum Gasteiger partial charge on any atom is -0.316 e. The van der Waals surface area contributed by atoms with Gasteiger partial charge in [0.2, 0.25) is 0 Å². The maximum atomic E-state index is 6.32. The SMILES string of the molecule is Clc1cccc(CN2CCc3nc([C@H]4CCNC4)ncc3C2)c1Cl. The summed E-state index contributed by atoms with van der Waals surface area (Å²) in [6.45, 7) is 4.71. The predicted octanol–water partition coefficient (Wildman–Crippen LogP) is 3.42. The first-order chi connectivity index (χ1) is 11.7. The fourth-order valence-electron chi connectivity index (χ4n) is 3.51. The van der Waals surface area contributed by atoms with Gasteiger partial charge in [0.05, 0.1) is 10.0 Å². The van der Waals surface area contributed by atoms with Gasteiger partial charge >= 0.3 is 0 Å². The summed E-state index contributed by atoms with van der Waals surface area (Å²) in [6, 6.07) is 5.81. The molecule has 0 radical (unpaired) electrons. The van der Waals surface area contributed by atoms with Gasteiger partial charge in [-0.25, -0.2) is 9.97 Å². The largest absolute Gasteiger partial charge is 0.316 e. The number of hydrogen-bond donors (Lipinski definition) is 1. The second-order valence-electron chi connectivity index (χ2n) is 6.56. The zero-order valence-electron chi connectivity index (χ0n) is 13.4. The van der Waals surface area contributed by atoms with E-state index in [-0.39, 0.29) is 0 Å². The Labute approximate surface area is 152 Å². The maximum Gasteiger partial charge on any atom is 0.132 e.